The largest absolute Gasteiger partial charge is 0.281 e. The van der Waals surface area contributed by atoms with E-state index in [2.05, 4.69) is 47.4 Å². The first kappa shape index (κ1) is 11.8. The van der Waals surface area contributed by atoms with Crippen LogP contribution in [0.5, 0.6) is 0 Å². The van der Waals surface area contributed by atoms with Crippen molar-refractivity contribution in [2.24, 2.45) is 0 Å². The second kappa shape index (κ2) is 4.65. The Morgan fingerprint density at radius 3 is 2.00 bits per heavy atom. The Morgan fingerprint density at radius 2 is 1.59 bits per heavy atom. The van der Waals surface area contributed by atoms with Crippen molar-refractivity contribution in [3.05, 3.63) is 36.2 Å². The molecule has 0 aliphatic heterocycles. The molecule has 2 aromatic heterocycles. The van der Waals surface area contributed by atoms with Crippen LogP contribution in [0.2, 0.25) is 0 Å². The van der Waals surface area contributed by atoms with Gasteiger partial charge in [0.2, 0.25) is 0 Å². The van der Waals surface area contributed by atoms with Gasteiger partial charge in [0.05, 0.1) is 11.9 Å². The normalized spacial score (nSPS) is 11.4. The first-order chi connectivity index (χ1) is 8.11. The molecule has 4 nitrogen and oxygen atoms in total. The summed E-state index contributed by atoms with van der Waals surface area (Å²) < 4.78 is 2.11. The van der Waals surface area contributed by atoms with Gasteiger partial charge in [-0.25, -0.2) is 0 Å². The second-order valence-corrected chi connectivity index (χ2v) is 4.77. The Kier molecular flexibility index (Phi) is 3.22. The number of hydrogen-bond acceptors (Lipinski definition) is 3. The van der Waals surface area contributed by atoms with Gasteiger partial charge in [0.1, 0.15) is 11.6 Å². The highest BCUT2D eigenvalue weighted by atomic mass is 15.3. The van der Waals surface area contributed by atoms with Crippen molar-refractivity contribution in [3.63, 3.8) is 0 Å². The van der Waals surface area contributed by atoms with Crippen LogP contribution in [0, 0.1) is 0 Å². The zero-order valence-corrected chi connectivity index (χ0v) is 10.8. The molecule has 4 heteroatoms. The Bertz CT molecular complexity index is 460. The maximum atomic E-state index is 4.30. The Labute approximate surface area is 102 Å². The Hall–Kier alpha value is -1.71. The van der Waals surface area contributed by atoms with Crippen LogP contribution in [-0.4, -0.2) is 19.7 Å². The zero-order chi connectivity index (χ0) is 12.4. The van der Waals surface area contributed by atoms with Crippen LogP contribution >= 0.6 is 0 Å². The van der Waals surface area contributed by atoms with Gasteiger partial charge in [-0.1, -0.05) is 27.7 Å². The number of hydrogen-bond donors (Lipinski definition) is 0. The lowest BCUT2D eigenvalue weighted by atomic mass is 10.1. The van der Waals surface area contributed by atoms with Crippen LogP contribution in [0.3, 0.4) is 0 Å². The molecule has 0 unspecified atom stereocenters. The lowest BCUT2D eigenvalue weighted by molar-refractivity contribution is 0.707. The lowest BCUT2D eigenvalue weighted by Crippen LogP contribution is -2.08. The number of rotatable bonds is 3. The van der Waals surface area contributed by atoms with Gasteiger partial charge in [0.25, 0.3) is 0 Å². The average molecular weight is 230 g/mol. The van der Waals surface area contributed by atoms with Gasteiger partial charge in [0, 0.05) is 18.0 Å². The molecule has 0 aliphatic carbocycles. The minimum atomic E-state index is 0.343. The highest BCUT2D eigenvalue weighted by Crippen LogP contribution is 2.22. The van der Waals surface area contributed by atoms with E-state index in [4.69, 9.17) is 0 Å². The van der Waals surface area contributed by atoms with Crippen LogP contribution in [-0.2, 0) is 0 Å². The molecule has 0 aromatic carbocycles. The Morgan fingerprint density at radius 1 is 1.00 bits per heavy atom. The molecule has 2 aromatic rings. The molecule has 0 amide bonds. The van der Waals surface area contributed by atoms with Gasteiger partial charge in [-0.05, 0) is 12.1 Å². The van der Waals surface area contributed by atoms with E-state index < -0.39 is 0 Å². The summed E-state index contributed by atoms with van der Waals surface area (Å²) in [6.45, 7) is 8.50. The molecule has 2 rings (SSSR count). The average Bonchev–Trinajstić information content (AvgIpc) is 2.74. The van der Waals surface area contributed by atoms with Gasteiger partial charge >= 0.3 is 0 Å². The van der Waals surface area contributed by atoms with Crippen molar-refractivity contribution in [3.8, 4) is 5.69 Å². The van der Waals surface area contributed by atoms with E-state index >= 15 is 0 Å². The molecule has 0 N–H and O–H groups in total. The quantitative estimate of drug-likeness (QED) is 0.814. The summed E-state index contributed by atoms with van der Waals surface area (Å²) >= 11 is 0. The molecule has 0 spiro atoms. The minimum absolute atomic E-state index is 0.343. The predicted octanol–water partition coefficient (Wildman–Crippen LogP) is 2.91. The summed E-state index contributed by atoms with van der Waals surface area (Å²) in [5.41, 5.74) is 1.03. The molecule has 0 aliphatic rings. The van der Waals surface area contributed by atoms with Crippen LogP contribution < -0.4 is 0 Å². The van der Waals surface area contributed by atoms with Crippen LogP contribution in [0.15, 0.2) is 24.5 Å². The summed E-state index contributed by atoms with van der Waals surface area (Å²) in [4.78, 5) is 4.17. The minimum Gasteiger partial charge on any atom is -0.281 e. The molecule has 2 heterocycles. The fraction of sp³-hybridized carbons (Fsp3) is 0.462. The molecule has 0 atom stereocenters. The third kappa shape index (κ3) is 2.20. The third-order valence-electron chi connectivity index (χ3n) is 2.65. The maximum absolute atomic E-state index is 4.30. The number of aromatic nitrogens is 4. The zero-order valence-electron chi connectivity index (χ0n) is 10.8. The van der Waals surface area contributed by atoms with Gasteiger partial charge in [0.15, 0.2) is 0 Å². The van der Waals surface area contributed by atoms with E-state index in [-0.39, 0.29) is 0 Å². The Balaban J connectivity index is 2.60. The van der Waals surface area contributed by atoms with E-state index in [1.807, 2.05) is 18.3 Å². The van der Waals surface area contributed by atoms with Crippen molar-refractivity contribution < 1.29 is 0 Å². The summed E-state index contributed by atoms with van der Waals surface area (Å²) in [5.74, 6) is 2.66. The summed E-state index contributed by atoms with van der Waals surface area (Å²) in [7, 11) is 0. The molecule has 0 bridgehead atoms. The molecule has 0 saturated carbocycles. The summed E-state index contributed by atoms with van der Waals surface area (Å²) in [6, 6.07) is 3.97. The topological polar surface area (TPSA) is 43.6 Å². The van der Waals surface area contributed by atoms with Crippen molar-refractivity contribution in [1.29, 1.82) is 0 Å². The van der Waals surface area contributed by atoms with Gasteiger partial charge < -0.3 is 0 Å². The van der Waals surface area contributed by atoms with Crippen LogP contribution in [0.4, 0.5) is 0 Å². The van der Waals surface area contributed by atoms with E-state index in [9.17, 15) is 0 Å². The van der Waals surface area contributed by atoms with E-state index in [1.165, 1.54) is 0 Å². The smallest absolute Gasteiger partial charge is 0.140 e. The van der Waals surface area contributed by atoms with Crippen molar-refractivity contribution in [2.45, 2.75) is 39.5 Å². The SMILES string of the molecule is CC(C)c1nnc(C(C)C)n1-c1cccnc1. The monoisotopic (exact) mass is 230 g/mol. The van der Waals surface area contributed by atoms with Gasteiger partial charge in [-0.3, -0.25) is 9.55 Å². The highest BCUT2D eigenvalue weighted by molar-refractivity contribution is 5.32. The van der Waals surface area contributed by atoms with E-state index in [1.54, 1.807) is 6.20 Å². The van der Waals surface area contributed by atoms with Crippen LogP contribution in [0.1, 0.15) is 51.2 Å². The molecule has 90 valence electrons. The number of nitrogens with zero attached hydrogens (tertiary/aromatic N) is 4. The second-order valence-electron chi connectivity index (χ2n) is 4.77. The summed E-state index contributed by atoms with van der Waals surface area (Å²) in [5, 5.41) is 8.60. The molecule has 0 radical (unpaired) electrons. The van der Waals surface area contributed by atoms with E-state index in [0.29, 0.717) is 11.8 Å². The third-order valence-corrected chi connectivity index (χ3v) is 2.65. The molecule has 0 saturated heterocycles. The van der Waals surface area contributed by atoms with Crippen molar-refractivity contribution in [1.82, 2.24) is 19.7 Å². The predicted molar refractivity (Wildman–Crippen MR) is 67.3 cm³/mol. The van der Waals surface area contributed by atoms with Crippen molar-refractivity contribution >= 4 is 0 Å². The van der Waals surface area contributed by atoms with Gasteiger partial charge in [-0.15, -0.1) is 10.2 Å². The standard InChI is InChI=1S/C13H18N4/c1-9(2)12-15-16-13(10(3)4)17(12)11-6-5-7-14-8-11/h5-10H,1-4H3. The first-order valence-electron chi connectivity index (χ1n) is 5.97. The molecular weight excluding hydrogens is 212 g/mol. The van der Waals surface area contributed by atoms with Crippen molar-refractivity contribution in [2.75, 3.05) is 0 Å². The van der Waals surface area contributed by atoms with E-state index in [0.717, 1.165) is 17.3 Å². The molecular formula is C13H18N4. The first-order valence-corrected chi connectivity index (χ1v) is 5.97. The fourth-order valence-electron chi connectivity index (χ4n) is 1.81. The van der Waals surface area contributed by atoms with Gasteiger partial charge in [-0.2, -0.15) is 0 Å². The maximum Gasteiger partial charge on any atom is 0.140 e. The number of pyridine rings is 1. The lowest BCUT2D eigenvalue weighted by Gasteiger charge is -2.13. The molecule has 17 heavy (non-hydrogen) atoms. The molecule has 0 fully saturated rings. The van der Waals surface area contributed by atoms with Crippen LogP contribution in [0.25, 0.3) is 5.69 Å². The highest BCUT2D eigenvalue weighted by Gasteiger charge is 2.18. The summed E-state index contributed by atoms with van der Waals surface area (Å²) in [6.07, 6.45) is 3.62. The fourth-order valence-corrected chi connectivity index (χ4v) is 1.81.